The van der Waals surface area contributed by atoms with Crippen LogP contribution in [0.4, 0.5) is 0 Å². The van der Waals surface area contributed by atoms with Gasteiger partial charge in [0.1, 0.15) is 5.75 Å². The van der Waals surface area contributed by atoms with Gasteiger partial charge in [0.2, 0.25) is 0 Å². The van der Waals surface area contributed by atoms with Crippen molar-refractivity contribution < 1.29 is 4.74 Å². The second-order valence-corrected chi connectivity index (χ2v) is 4.67. The first-order valence-electron chi connectivity index (χ1n) is 6.51. The van der Waals surface area contributed by atoms with Crippen LogP contribution in [-0.4, -0.2) is 11.6 Å². The quantitative estimate of drug-likeness (QED) is 0.650. The van der Waals surface area contributed by atoms with Gasteiger partial charge in [0, 0.05) is 18.0 Å². The highest BCUT2D eigenvalue weighted by Crippen LogP contribution is 2.35. The van der Waals surface area contributed by atoms with Crippen LogP contribution in [0.25, 0.3) is 0 Å². The predicted octanol–water partition coefficient (Wildman–Crippen LogP) is 1.96. The molecule has 1 aromatic carbocycles. The van der Waals surface area contributed by atoms with Crippen molar-refractivity contribution in [3.8, 4) is 5.75 Å². The first-order valence-corrected chi connectivity index (χ1v) is 6.51. The fourth-order valence-electron chi connectivity index (χ4n) is 2.55. The number of nitrogens with two attached hydrogens (primary N) is 1. The van der Waals surface area contributed by atoms with Crippen molar-refractivity contribution in [1.29, 1.82) is 0 Å². The molecule has 4 heteroatoms. The molecule has 2 heterocycles. The van der Waals surface area contributed by atoms with Crippen LogP contribution in [0.5, 0.6) is 5.75 Å². The Bertz CT molecular complexity index is 557. The van der Waals surface area contributed by atoms with Crippen molar-refractivity contribution in [2.24, 2.45) is 5.84 Å². The van der Waals surface area contributed by atoms with Crippen LogP contribution in [0.15, 0.2) is 42.7 Å². The number of aryl methyl sites for hydroxylation is 1. The van der Waals surface area contributed by atoms with E-state index in [1.165, 1.54) is 5.56 Å². The molecule has 3 N–H and O–H groups in total. The second kappa shape index (κ2) is 5.38. The Labute approximate surface area is 112 Å². The fourth-order valence-corrected chi connectivity index (χ4v) is 2.55. The number of ether oxygens (including phenoxy) is 1. The minimum Gasteiger partial charge on any atom is -0.493 e. The van der Waals surface area contributed by atoms with Crippen molar-refractivity contribution in [2.45, 2.75) is 18.9 Å². The summed E-state index contributed by atoms with van der Waals surface area (Å²) in [6.45, 7) is 0.772. The molecule has 0 aliphatic carbocycles. The van der Waals surface area contributed by atoms with Crippen LogP contribution < -0.4 is 16.0 Å². The van der Waals surface area contributed by atoms with Gasteiger partial charge in [-0.3, -0.25) is 10.8 Å². The van der Waals surface area contributed by atoms with E-state index >= 15 is 0 Å². The lowest BCUT2D eigenvalue weighted by molar-refractivity contribution is 0.283. The summed E-state index contributed by atoms with van der Waals surface area (Å²) < 4.78 is 5.84. The zero-order chi connectivity index (χ0) is 13.1. The van der Waals surface area contributed by atoms with Gasteiger partial charge >= 0.3 is 0 Å². The molecule has 1 aromatic heterocycles. The number of nitrogens with zero attached hydrogens (tertiary/aromatic N) is 1. The number of nitrogens with one attached hydrogen (secondary N) is 1. The average Bonchev–Trinajstić information content (AvgIpc) is 2.49. The van der Waals surface area contributed by atoms with Gasteiger partial charge in [-0.1, -0.05) is 24.3 Å². The van der Waals surface area contributed by atoms with E-state index in [1.807, 2.05) is 18.3 Å². The summed E-state index contributed by atoms with van der Waals surface area (Å²) in [7, 11) is 0. The maximum absolute atomic E-state index is 5.84. The van der Waals surface area contributed by atoms with E-state index in [9.17, 15) is 0 Å². The summed E-state index contributed by atoms with van der Waals surface area (Å²) in [5.41, 5.74) is 6.23. The lowest BCUT2D eigenvalue weighted by Crippen LogP contribution is -2.30. The lowest BCUT2D eigenvalue weighted by atomic mass is 9.95. The third-order valence-corrected chi connectivity index (χ3v) is 3.46. The van der Waals surface area contributed by atoms with Crippen LogP contribution in [0.2, 0.25) is 0 Å². The Hall–Kier alpha value is -1.91. The van der Waals surface area contributed by atoms with Gasteiger partial charge in [-0.15, -0.1) is 0 Å². The van der Waals surface area contributed by atoms with Crippen LogP contribution in [0.1, 0.15) is 29.2 Å². The molecular formula is C15H17N3O. The average molecular weight is 255 g/mol. The number of hydrogen-bond acceptors (Lipinski definition) is 4. The molecule has 19 heavy (non-hydrogen) atoms. The van der Waals surface area contributed by atoms with Gasteiger partial charge in [0.15, 0.2) is 0 Å². The highest BCUT2D eigenvalue weighted by Gasteiger charge is 2.21. The SMILES string of the molecule is NNC(c1cccnc1)c1cccc2c1OCCC2. The second-order valence-electron chi connectivity index (χ2n) is 4.67. The first kappa shape index (κ1) is 12.1. The molecule has 3 rings (SSSR count). The molecule has 1 unspecified atom stereocenters. The largest absolute Gasteiger partial charge is 0.493 e. The summed E-state index contributed by atoms with van der Waals surface area (Å²) in [4.78, 5) is 4.15. The monoisotopic (exact) mass is 255 g/mol. The maximum Gasteiger partial charge on any atom is 0.127 e. The Kier molecular flexibility index (Phi) is 3.44. The van der Waals surface area contributed by atoms with Gasteiger partial charge in [0.25, 0.3) is 0 Å². The minimum absolute atomic E-state index is 0.0956. The molecule has 0 saturated carbocycles. The summed E-state index contributed by atoms with van der Waals surface area (Å²) >= 11 is 0. The number of pyridine rings is 1. The van der Waals surface area contributed by atoms with Crippen LogP contribution in [-0.2, 0) is 6.42 Å². The van der Waals surface area contributed by atoms with E-state index in [1.54, 1.807) is 6.20 Å². The summed E-state index contributed by atoms with van der Waals surface area (Å²) in [6, 6.07) is 10.1. The number of aromatic nitrogens is 1. The minimum atomic E-state index is -0.0956. The number of benzene rings is 1. The Morgan fingerprint density at radius 2 is 2.21 bits per heavy atom. The van der Waals surface area contributed by atoms with Crippen LogP contribution >= 0.6 is 0 Å². The van der Waals surface area contributed by atoms with E-state index in [4.69, 9.17) is 10.6 Å². The Balaban J connectivity index is 2.05. The Morgan fingerprint density at radius 3 is 3.00 bits per heavy atom. The lowest BCUT2D eigenvalue weighted by Gasteiger charge is -2.25. The van der Waals surface area contributed by atoms with Crippen LogP contribution in [0, 0.1) is 0 Å². The third kappa shape index (κ3) is 2.32. The molecule has 2 aromatic rings. The van der Waals surface area contributed by atoms with Crippen molar-refractivity contribution in [1.82, 2.24) is 10.4 Å². The van der Waals surface area contributed by atoms with Gasteiger partial charge in [-0.05, 0) is 30.0 Å². The number of para-hydroxylation sites is 1. The fraction of sp³-hybridized carbons (Fsp3) is 0.267. The standard InChI is InChI=1S/C15H17N3O/c16-18-14(12-5-2-8-17-10-12)13-7-1-4-11-6-3-9-19-15(11)13/h1-2,4-5,7-8,10,14,18H,3,6,9,16H2. The smallest absolute Gasteiger partial charge is 0.127 e. The molecule has 0 radical (unpaired) electrons. The Morgan fingerprint density at radius 1 is 1.26 bits per heavy atom. The zero-order valence-corrected chi connectivity index (χ0v) is 10.7. The zero-order valence-electron chi connectivity index (χ0n) is 10.7. The van der Waals surface area contributed by atoms with E-state index in [0.29, 0.717) is 0 Å². The summed E-state index contributed by atoms with van der Waals surface area (Å²) in [5.74, 6) is 6.71. The first-order chi connectivity index (χ1) is 9.40. The van der Waals surface area contributed by atoms with Crippen molar-refractivity contribution >= 4 is 0 Å². The molecule has 0 amide bonds. The van der Waals surface area contributed by atoms with E-state index in [2.05, 4.69) is 28.6 Å². The number of fused-ring (bicyclic) bond motifs is 1. The van der Waals surface area contributed by atoms with Gasteiger partial charge in [-0.25, -0.2) is 5.43 Å². The van der Waals surface area contributed by atoms with Gasteiger partial charge in [0.05, 0.1) is 12.6 Å². The normalized spacial score (nSPS) is 15.4. The highest BCUT2D eigenvalue weighted by molar-refractivity contribution is 5.47. The van der Waals surface area contributed by atoms with Crippen molar-refractivity contribution in [3.63, 3.8) is 0 Å². The van der Waals surface area contributed by atoms with E-state index < -0.39 is 0 Å². The number of hydrazine groups is 1. The highest BCUT2D eigenvalue weighted by atomic mass is 16.5. The third-order valence-electron chi connectivity index (χ3n) is 3.46. The molecule has 1 atom stereocenters. The molecule has 0 fully saturated rings. The van der Waals surface area contributed by atoms with E-state index in [-0.39, 0.29) is 6.04 Å². The van der Waals surface area contributed by atoms with Crippen molar-refractivity contribution in [2.75, 3.05) is 6.61 Å². The van der Waals surface area contributed by atoms with Gasteiger partial charge < -0.3 is 4.74 Å². The predicted molar refractivity (Wildman–Crippen MR) is 73.7 cm³/mol. The van der Waals surface area contributed by atoms with Crippen LogP contribution in [0.3, 0.4) is 0 Å². The molecule has 0 bridgehead atoms. The molecular weight excluding hydrogens is 238 g/mol. The molecule has 0 saturated heterocycles. The van der Waals surface area contributed by atoms with Crippen molar-refractivity contribution in [3.05, 3.63) is 59.4 Å². The molecule has 4 nitrogen and oxygen atoms in total. The number of hydrogen-bond donors (Lipinski definition) is 2. The van der Waals surface area contributed by atoms with Gasteiger partial charge in [-0.2, -0.15) is 0 Å². The topological polar surface area (TPSA) is 60.2 Å². The van der Waals surface area contributed by atoms with E-state index in [0.717, 1.165) is 36.3 Å². The molecule has 0 spiro atoms. The molecule has 1 aliphatic rings. The molecule has 1 aliphatic heterocycles. The maximum atomic E-state index is 5.84. The number of rotatable bonds is 3. The molecule has 98 valence electrons. The summed E-state index contributed by atoms with van der Waals surface area (Å²) in [5, 5.41) is 0. The summed E-state index contributed by atoms with van der Waals surface area (Å²) in [6.07, 6.45) is 5.72.